The van der Waals surface area contributed by atoms with Gasteiger partial charge in [0.25, 0.3) is 11.5 Å². The molecule has 3 aromatic rings. The molecule has 1 atom stereocenters. The van der Waals surface area contributed by atoms with Gasteiger partial charge in [-0.25, -0.2) is 15.3 Å². The van der Waals surface area contributed by atoms with Gasteiger partial charge in [0.1, 0.15) is 5.75 Å². The smallest absolute Gasteiger partial charge is 0.342 e. The monoisotopic (exact) mass is 413 g/mol. The second-order valence-electron chi connectivity index (χ2n) is 5.94. The molecular formula is C19H19N5O4S. The third-order valence-electron chi connectivity index (χ3n) is 3.94. The number of hydrogen-bond acceptors (Lipinski definition) is 7. The average Bonchev–Trinajstić information content (AvgIpc) is 2.71. The number of aromatic amines is 2. The van der Waals surface area contributed by atoms with Crippen molar-refractivity contribution in [2.24, 2.45) is 5.10 Å². The van der Waals surface area contributed by atoms with Gasteiger partial charge in [0.05, 0.1) is 18.1 Å². The van der Waals surface area contributed by atoms with Crippen LogP contribution in [-0.2, 0) is 4.79 Å². The molecule has 0 radical (unpaired) electrons. The average molecular weight is 413 g/mol. The number of benzene rings is 2. The normalized spacial score (nSPS) is 12.2. The van der Waals surface area contributed by atoms with E-state index in [1.54, 1.807) is 6.92 Å². The molecule has 1 unspecified atom stereocenters. The van der Waals surface area contributed by atoms with Crippen LogP contribution in [0, 0.1) is 0 Å². The van der Waals surface area contributed by atoms with Crippen molar-refractivity contribution in [2.75, 3.05) is 6.61 Å². The van der Waals surface area contributed by atoms with Gasteiger partial charge in [-0.2, -0.15) is 10.2 Å². The molecule has 0 aliphatic heterocycles. The number of aromatic nitrogens is 3. The molecule has 10 heteroatoms. The maximum Gasteiger partial charge on any atom is 0.342 e. The minimum Gasteiger partial charge on any atom is -0.493 e. The number of nitrogens with zero attached hydrogens (tertiary/aromatic N) is 2. The summed E-state index contributed by atoms with van der Waals surface area (Å²) in [6.07, 6.45) is 1.54. The fourth-order valence-corrected chi connectivity index (χ4v) is 3.33. The maximum absolute atomic E-state index is 12.3. The first kappa shape index (κ1) is 20.3. The summed E-state index contributed by atoms with van der Waals surface area (Å²) in [4.78, 5) is 37.1. The molecule has 0 saturated heterocycles. The molecule has 0 fully saturated rings. The van der Waals surface area contributed by atoms with Gasteiger partial charge in [-0.15, -0.1) is 0 Å². The van der Waals surface area contributed by atoms with Crippen LogP contribution in [0.2, 0.25) is 0 Å². The van der Waals surface area contributed by atoms with Crippen LogP contribution in [0.1, 0.15) is 19.4 Å². The first-order chi connectivity index (χ1) is 14.0. The van der Waals surface area contributed by atoms with E-state index in [1.807, 2.05) is 43.3 Å². The lowest BCUT2D eigenvalue weighted by molar-refractivity contribution is -0.120. The van der Waals surface area contributed by atoms with Crippen molar-refractivity contribution < 1.29 is 9.53 Å². The molecule has 150 valence electrons. The molecule has 1 amide bonds. The lowest BCUT2D eigenvalue weighted by Gasteiger charge is -2.11. The van der Waals surface area contributed by atoms with E-state index in [-0.39, 0.29) is 5.03 Å². The summed E-state index contributed by atoms with van der Waals surface area (Å²) in [5.41, 5.74) is 1.85. The maximum atomic E-state index is 12.3. The highest BCUT2D eigenvalue weighted by molar-refractivity contribution is 8.00. The number of ether oxygens (including phenoxy) is 1. The van der Waals surface area contributed by atoms with Crippen LogP contribution >= 0.6 is 11.8 Å². The first-order valence-electron chi connectivity index (χ1n) is 8.82. The van der Waals surface area contributed by atoms with E-state index in [2.05, 4.69) is 25.7 Å². The fourth-order valence-electron chi connectivity index (χ4n) is 2.58. The van der Waals surface area contributed by atoms with Gasteiger partial charge in [0.2, 0.25) is 0 Å². The predicted octanol–water partition coefficient (Wildman–Crippen LogP) is 1.64. The van der Waals surface area contributed by atoms with Crippen LogP contribution in [-0.4, -0.2) is 39.2 Å². The van der Waals surface area contributed by atoms with Crippen LogP contribution in [0.25, 0.3) is 10.8 Å². The van der Waals surface area contributed by atoms with Gasteiger partial charge in [-0.3, -0.25) is 14.6 Å². The summed E-state index contributed by atoms with van der Waals surface area (Å²) in [6, 6.07) is 11.6. The molecule has 0 aliphatic carbocycles. The molecule has 2 aromatic carbocycles. The number of rotatable bonds is 7. The molecule has 0 saturated carbocycles. The van der Waals surface area contributed by atoms with E-state index in [0.29, 0.717) is 12.4 Å². The van der Waals surface area contributed by atoms with Gasteiger partial charge in [0.15, 0.2) is 5.03 Å². The Balaban J connectivity index is 1.75. The summed E-state index contributed by atoms with van der Waals surface area (Å²) in [6.45, 7) is 3.99. The molecule has 3 N–H and O–H groups in total. The Kier molecular flexibility index (Phi) is 6.45. The van der Waals surface area contributed by atoms with Gasteiger partial charge < -0.3 is 4.74 Å². The number of nitrogens with one attached hydrogen (secondary N) is 3. The standard InChI is InChI=1S/C19H19N5O4S/c1-3-28-15-9-8-12-6-4-5-7-13(12)14(15)10-20-22-16(25)11(2)29-18-17(26)21-19(27)24-23-18/h4-11H,3H2,1-2H3,(H,22,25)(H2,21,24,26,27)/b20-10+. The number of fused-ring (bicyclic) bond motifs is 1. The second kappa shape index (κ2) is 9.20. The Labute approximate surface area is 169 Å². The molecule has 0 aliphatic rings. The van der Waals surface area contributed by atoms with Crippen LogP contribution < -0.4 is 21.4 Å². The molecule has 29 heavy (non-hydrogen) atoms. The number of H-pyrrole nitrogens is 2. The number of carbonyl (C=O) groups is 1. The number of carbonyl (C=O) groups excluding carboxylic acids is 1. The van der Waals surface area contributed by atoms with Crippen molar-refractivity contribution in [3.05, 3.63) is 62.8 Å². The fraction of sp³-hybridized carbons (Fsp3) is 0.211. The van der Waals surface area contributed by atoms with Crippen LogP contribution in [0.5, 0.6) is 5.75 Å². The summed E-state index contributed by atoms with van der Waals surface area (Å²) >= 11 is 0.911. The summed E-state index contributed by atoms with van der Waals surface area (Å²) in [7, 11) is 0. The molecule has 0 bridgehead atoms. The Bertz CT molecular complexity index is 1170. The van der Waals surface area contributed by atoms with E-state index >= 15 is 0 Å². The molecule has 1 aromatic heterocycles. The van der Waals surface area contributed by atoms with Gasteiger partial charge >= 0.3 is 5.69 Å². The van der Waals surface area contributed by atoms with Crippen LogP contribution in [0.4, 0.5) is 0 Å². The molecule has 1 heterocycles. The Morgan fingerprint density at radius 2 is 2.10 bits per heavy atom. The molecule has 0 spiro atoms. The van der Waals surface area contributed by atoms with Crippen molar-refractivity contribution in [1.29, 1.82) is 0 Å². The Morgan fingerprint density at radius 3 is 2.86 bits per heavy atom. The molecular weight excluding hydrogens is 394 g/mol. The highest BCUT2D eigenvalue weighted by Gasteiger charge is 2.17. The minimum atomic E-state index is -0.707. The van der Waals surface area contributed by atoms with Gasteiger partial charge in [0, 0.05) is 5.56 Å². The lowest BCUT2D eigenvalue weighted by atomic mass is 10.0. The summed E-state index contributed by atoms with van der Waals surface area (Å²) < 4.78 is 5.67. The third-order valence-corrected chi connectivity index (χ3v) is 5.00. The van der Waals surface area contributed by atoms with Crippen molar-refractivity contribution in [3.8, 4) is 5.75 Å². The van der Waals surface area contributed by atoms with E-state index in [9.17, 15) is 14.4 Å². The second-order valence-corrected chi connectivity index (χ2v) is 7.27. The van der Waals surface area contributed by atoms with Crippen molar-refractivity contribution in [2.45, 2.75) is 24.1 Å². The summed E-state index contributed by atoms with van der Waals surface area (Å²) in [5, 5.41) is 11.1. The Hall–Kier alpha value is -3.40. The quantitative estimate of drug-likeness (QED) is 0.307. The van der Waals surface area contributed by atoms with Crippen molar-refractivity contribution >= 4 is 34.7 Å². The van der Waals surface area contributed by atoms with Crippen molar-refractivity contribution in [3.63, 3.8) is 0 Å². The number of hydrazone groups is 1. The SMILES string of the molecule is CCOc1ccc2ccccc2c1/C=N/NC(=O)C(C)Sc1n[nH]c(=O)[nH]c1=O. The molecule has 9 nitrogen and oxygen atoms in total. The van der Waals surface area contributed by atoms with E-state index in [1.165, 1.54) is 6.21 Å². The van der Waals surface area contributed by atoms with Crippen LogP contribution in [0.15, 0.2) is 56.1 Å². The van der Waals surface area contributed by atoms with E-state index in [4.69, 9.17) is 4.74 Å². The number of amides is 1. The summed E-state index contributed by atoms with van der Waals surface area (Å²) in [5.74, 6) is 0.243. The third kappa shape index (κ3) is 4.91. The van der Waals surface area contributed by atoms with Crippen LogP contribution in [0.3, 0.4) is 0 Å². The zero-order valence-corrected chi connectivity index (χ0v) is 16.6. The molecule has 3 rings (SSSR count). The lowest BCUT2D eigenvalue weighted by Crippen LogP contribution is -2.30. The number of hydrogen-bond donors (Lipinski definition) is 3. The Morgan fingerprint density at radius 1 is 1.31 bits per heavy atom. The highest BCUT2D eigenvalue weighted by atomic mass is 32.2. The van der Waals surface area contributed by atoms with Gasteiger partial charge in [-0.1, -0.05) is 42.1 Å². The number of thioether (sulfide) groups is 1. The predicted molar refractivity (Wildman–Crippen MR) is 112 cm³/mol. The van der Waals surface area contributed by atoms with Crippen molar-refractivity contribution in [1.82, 2.24) is 20.6 Å². The van der Waals surface area contributed by atoms with Gasteiger partial charge in [-0.05, 0) is 30.7 Å². The largest absolute Gasteiger partial charge is 0.493 e. The first-order valence-corrected chi connectivity index (χ1v) is 9.70. The zero-order chi connectivity index (χ0) is 20.8. The van der Waals surface area contributed by atoms with E-state index in [0.717, 1.165) is 28.1 Å². The minimum absolute atomic E-state index is 0.0103. The van der Waals surface area contributed by atoms with E-state index < -0.39 is 22.4 Å². The zero-order valence-electron chi connectivity index (χ0n) is 15.8. The topological polar surface area (TPSA) is 129 Å². The highest BCUT2D eigenvalue weighted by Crippen LogP contribution is 2.26.